The van der Waals surface area contributed by atoms with Crippen molar-refractivity contribution in [2.75, 3.05) is 19.0 Å². The molecule has 0 heterocycles. The topological polar surface area (TPSA) is 39.1 Å². The van der Waals surface area contributed by atoms with Gasteiger partial charge in [0.05, 0.1) is 6.67 Å². The number of rotatable bonds is 7. The smallest absolute Gasteiger partial charge is 0.165 e. The van der Waals surface area contributed by atoms with Crippen LogP contribution in [0.25, 0.3) is 6.08 Å². The zero-order valence-corrected chi connectivity index (χ0v) is 16.4. The highest BCUT2D eigenvalue weighted by Crippen LogP contribution is 2.18. The van der Waals surface area contributed by atoms with Crippen LogP contribution in [0, 0.1) is 24.0 Å². The van der Waals surface area contributed by atoms with Gasteiger partial charge >= 0.3 is 0 Å². The normalized spacial score (nSPS) is 11.3. The van der Waals surface area contributed by atoms with Gasteiger partial charge in [0.25, 0.3) is 0 Å². The van der Waals surface area contributed by atoms with Crippen LogP contribution in [-0.4, -0.2) is 24.3 Å². The number of nitrogens with zero attached hydrogens (tertiary/aromatic N) is 1. The van der Waals surface area contributed by atoms with Crippen LogP contribution in [0.5, 0.6) is 0 Å². The lowest BCUT2D eigenvalue weighted by Crippen LogP contribution is -2.25. The lowest BCUT2D eigenvalue weighted by atomic mass is 10.1. The molecule has 2 aromatic rings. The second-order valence-corrected chi connectivity index (χ2v) is 7.04. The highest BCUT2D eigenvalue weighted by atomic mass is 31.0. The standard InChI is InChI=1S/C20H24F2N3P/c1-13-4-6-15(7-5-14(2)23)9-18(13)24-12-25(3)11-16-8-17(21)20(22)19(26)10-16/h4-10,23-24H,11-12,26H2,1-3H3/b7-5+,23-14?. The van der Waals surface area contributed by atoms with E-state index in [0.717, 1.165) is 16.8 Å². The largest absolute Gasteiger partial charge is 0.372 e. The molecule has 3 nitrogen and oxygen atoms in total. The number of hydrogen-bond acceptors (Lipinski definition) is 3. The van der Waals surface area contributed by atoms with Crippen LogP contribution in [-0.2, 0) is 6.54 Å². The van der Waals surface area contributed by atoms with Gasteiger partial charge in [0.15, 0.2) is 11.6 Å². The van der Waals surface area contributed by atoms with E-state index in [4.69, 9.17) is 5.41 Å². The number of hydrogen-bond donors (Lipinski definition) is 2. The molecule has 6 heteroatoms. The molecule has 2 rings (SSSR count). The fourth-order valence-electron chi connectivity index (χ4n) is 2.50. The number of allylic oxidation sites excluding steroid dienone is 1. The van der Waals surface area contributed by atoms with Crippen molar-refractivity contribution >= 4 is 32.0 Å². The molecule has 0 saturated carbocycles. The van der Waals surface area contributed by atoms with Crippen LogP contribution >= 0.6 is 9.24 Å². The number of anilines is 1. The van der Waals surface area contributed by atoms with Gasteiger partial charge in [-0.15, -0.1) is 9.24 Å². The molecule has 0 saturated heterocycles. The lowest BCUT2D eigenvalue weighted by molar-refractivity contribution is 0.350. The maximum Gasteiger partial charge on any atom is 0.165 e. The molecule has 0 aliphatic heterocycles. The molecular weight excluding hydrogens is 351 g/mol. The van der Waals surface area contributed by atoms with Gasteiger partial charge in [0, 0.05) is 23.2 Å². The molecule has 2 aromatic carbocycles. The SMILES string of the molecule is CC(=N)/C=C/c1ccc(C)c(NCN(C)Cc2cc(F)c(F)c(P)c2)c1. The molecule has 0 radical (unpaired) electrons. The van der Waals surface area contributed by atoms with Gasteiger partial charge < -0.3 is 10.7 Å². The Bertz CT molecular complexity index is 811. The fraction of sp³-hybridized carbons (Fsp3) is 0.250. The van der Waals surface area contributed by atoms with Gasteiger partial charge in [-0.25, -0.2) is 8.78 Å². The Balaban J connectivity index is 2.01. The summed E-state index contributed by atoms with van der Waals surface area (Å²) in [7, 11) is 4.13. The van der Waals surface area contributed by atoms with Crippen LogP contribution in [0.4, 0.5) is 14.5 Å². The summed E-state index contributed by atoms with van der Waals surface area (Å²) < 4.78 is 26.9. The number of aryl methyl sites for hydroxylation is 1. The van der Waals surface area contributed by atoms with E-state index in [2.05, 4.69) is 14.6 Å². The molecule has 138 valence electrons. The molecule has 26 heavy (non-hydrogen) atoms. The molecule has 2 N–H and O–H groups in total. The first kappa shape index (κ1) is 20.2. The van der Waals surface area contributed by atoms with Gasteiger partial charge in [-0.05, 0) is 61.9 Å². The van der Waals surface area contributed by atoms with Crippen LogP contribution in [0.3, 0.4) is 0 Å². The first-order chi connectivity index (χ1) is 12.3. The Labute approximate surface area is 155 Å². The zero-order chi connectivity index (χ0) is 19.3. The van der Waals surface area contributed by atoms with Crippen LogP contribution < -0.4 is 10.6 Å². The Morgan fingerprint density at radius 3 is 2.65 bits per heavy atom. The summed E-state index contributed by atoms with van der Waals surface area (Å²) in [6.07, 6.45) is 3.66. The first-order valence-corrected chi connectivity index (χ1v) is 8.83. The van der Waals surface area contributed by atoms with Crippen molar-refractivity contribution in [2.45, 2.75) is 20.4 Å². The third kappa shape index (κ3) is 5.72. The van der Waals surface area contributed by atoms with E-state index in [-0.39, 0.29) is 5.30 Å². The maximum atomic E-state index is 13.5. The van der Waals surface area contributed by atoms with Crippen molar-refractivity contribution < 1.29 is 8.78 Å². The highest BCUT2D eigenvalue weighted by Gasteiger charge is 2.09. The minimum atomic E-state index is -0.828. The van der Waals surface area contributed by atoms with E-state index >= 15 is 0 Å². The molecule has 0 spiro atoms. The average Bonchev–Trinajstić information content (AvgIpc) is 2.57. The second kappa shape index (κ2) is 9.02. The summed E-state index contributed by atoms with van der Waals surface area (Å²) in [5, 5.41) is 11.1. The monoisotopic (exact) mass is 375 g/mol. The number of benzene rings is 2. The average molecular weight is 375 g/mol. The molecule has 1 atom stereocenters. The van der Waals surface area contributed by atoms with Gasteiger partial charge in [0.1, 0.15) is 0 Å². The Morgan fingerprint density at radius 2 is 2.00 bits per heavy atom. The summed E-state index contributed by atoms with van der Waals surface area (Å²) in [4.78, 5) is 1.99. The summed E-state index contributed by atoms with van der Waals surface area (Å²) in [5.41, 5.74) is 4.34. The van der Waals surface area contributed by atoms with Gasteiger partial charge in [-0.1, -0.05) is 18.2 Å². The predicted molar refractivity (Wildman–Crippen MR) is 109 cm³/mol. The van der Waals surface area contributed by atoms with Gasteiger partial charge in [-0.3, -0.25) is 4.90 Å². The molecule has 0 fully saturated rings. The summed E-state index contributed by atoms with van der Waals surface area (Å²) in [5.74, 6) is -1.65. The minimum Gasteiger partial charge on any atom is -0.372 e. The quantitative estimate of drug-likeness (QED) is 0.430. The number of halogens is 2. The second-order valence-electron chi connectivity index (χ2n) is 6.42. The van der Waals surface area contributed by atoms with E-state index in [1.807, 2.05) is 43.1 Å². The van der Waals surface area contributed by atoms with Crippen LogP contribution in [0.2, 0.25) is 0 Å². The summed E-state index contributed by atoms with van der Waals surface area (Å²) in [6.45, 7) is 4.81. The van der Waals surface area contributed by atoms with E-state index < -0.39 is 11.6 Å². The first-order valence-electron chi connectivity index (χ1n) is 8.26. The minimum absolute atomic E-state index is 0.234. The van der Waals surface area contributed by atoms with Crippen molar-refractivity contribution in [2.24, 2.45) is 0 Å². The van der Waals surface area contributed by atoms with Gasteiger partial charge in [-0.2, -0.15) is 0 Å². The Morgan fingerprint density at radius 1 is 1.27 bits per heavy atom. The molecule has 0 bridgehead atoms. The van der Waals surface area contributed by atoms with Crippen molar-refractivity contribution in [3.63, 3.8) is 0 Å². The van der Waals surface area contributed by atoms with Crippen molar-refractivity contribution in [1.82, 2.24) is 4.90 Å². The Kier molecular flexibility index (Phi) is 7.01. The van der Waals surface area contributed by atoms with Crippen molar-refractivity contribution in [3.05, 3.63) is 64.7 Å². The van der Waals surface area contributed by atoms with Gasteiger partial charge in [0.2, 0.25) is 0 Å². The summed E-state index contributed by atoms with van der Waals surface area (Å²) in [6, 6.07) is 8.93. The molecule has 1 unspecified atom stereocenters. The van der Waals surface area contributed by atoms with Crippen LogP contribution in [0.1, 0.15) is 23.6 Å². The van der Waals surface area contributed by atoms with E-state index in [0.29, 0.717) is 24.5 Å². The lowest BCUT2D eigenvalue weighted by Gasteiger charge is -2.20. The van der Waals surface area contributed by atoms with E-state index in [1.165, 1.54) is 6.07 Å². The Hall–Kier alpha value is -2.10. The molecule has 0 aliphatic rings. The fourth-order valence-corrected chi connectivity index (χ4v) is 2.85. The van der Waals surface area contributed by atoms with E-state index in [9.17, 15) is 8.78 Å². The van der Waals surface area contributed by atoms with Crippen molar-refractivity contribution in [3.8, 4) is 0 Å². The third-order valence-electron chi connectivity index (χ3n) is 3.90. The molecule has 0 aliphatic carbocycles. The predicted octanol–water partition coefficient (Wildman–Crippen LogP) is 4.33. The maximum absolute atomic E-state index is 13.5. The zero-order valence-electron chi connectivity index (χ0n) is 15.2. The molecule has 0 amide bonds. The third-order valence-corrected chi connectivity index (χ3v) is 4.32. The summed E-state index contributed by atoms with van der Waals surface area (Å²) >= 11 is 0. The number of nitrogens with one attached hydrogen (secondary N) is 2. The van der Waals surface area contributed by atoms with E-state index in [1.54, 1.807) is 19.1 Å². The molecular formula is C20H24F2N3P. The van der Waals surface area contributed by atoms with Crippen LogP contribution in [0.15, 0.2) is 36.4 Å². The molecule has 0 aromatic heterocycles. The van der Waals surface area contributed by atoms with Crippen molar-refractivity contribution in [1.29, 1.82) is 5.41 Å². The highest BCUT2D eigenvalue weighted by molar-refractivity contribution is 7.27.